The summed E-state index contributed by atoms with van der Waals surface area (Å²) in [5.74, 6) is -0.614. The third kappa shape index (κ3) is 2.26. The van der Waals surface area contributed by atoms with E-state index in [1.807, 2.05) is 0 Å². The van der Waals surface area contributed by atoms with Gasteiger partial charge in [-0.3, -0.25) is 4.79 Å². The molecule has 0 spiro atoms. The second-order valence-corrected chi connectivity index (χ2v) is 1.70. The normalized spacial score (nSPS) is 8.38. The molecule has 0 aromatic rings. The molecule has 0 aromatic heterocycles. The van der Waals surface area contributed by atoms with Gasteiger partial charge < -0.3 is 0 Å². The van der Waals surface area contributed by atoms with E-state index in [4.69, 9.17) is 0 Å². The first-order chi connectivity index (χ1) is 3.68. The van der Waals surface area contributed by atoms with E-state index in [0.29, 0.717) is 0 Å². The van der Waals surface area contributed by atoms with Crippen molar-refractivity contribution in [3.8, 4) is 0 Å². The summed E-state index contributed by atoms with van der Waals surface area (Å²) in [5.41, 5.74) is 0. The Morgan fingerprint density at radius 1 is 1.62 bits per heavy atom. The Hall–Kier alpha value is -0.950. The third-order valence-electron chi connectivity index (χ3n) is 0.650. The Balaban J connectivity index is 3.84. The highest BCUT2D eigenvalue weighted by Gasteiger charge is 2.02. The maximum atomic E-state index is 10.3. The highest BCUT2D eigenvalue weighted by Crippen LogP contribution is 1.92. The van der Waals surface area contributed by atoms with Gasteiger partial charge in [0.1, 0.15) is 0 Å². The van der Waals surface area contributed by atoms with Crippen LogP contribution in [-0.2, 0) is 9.59 Å². The molecule has 0 saturated heterocycles. The number of carbonyl (C=O) groups is 1. The molecule has 0 aliphatic rings. The summed E-state index contributed by atoms with van der Waals surface area (Å²) < 4.78 is 0. The van der Waals surface area contributed by atoms with Crippen molar-refractivity contribution in [2.24, 2.45) is 10.9 Å². The molecular weight excluding hydrogens is 106 g/mol. The van der Waals surface area contributed by atoms with Crippen LogP contribution in [0.2, 0.25) is 0 Å². The van der Waals surface area contributed by atoms with Crippen LogP contribution in [0.1, 0.15) is 13.8 Å². The van der Waals surface area contributed by atoms with Gasteiger partial charge >= 0.3 is 0 Å². The van der Waals surface area contributed by atoms with Crippen molar-refractivity contribution in [1.82, 2.24) is 0 Å². The minimum Gasteiger partial charge on any atom is -0.272 e. The van der Waals surface area contributed by atoms with Crippen LogP contribution in [-0.4, -0.2) is 12.0 Å². The van der Waals surface area contributed by atoms with Gasteiger partial charge in [-0.2, -0.15) is 0 Å². The predicted octanol–water partition coefficient (Wildman–Crippen LogP) is 0.505. The lowest BCUT2D eigenvalue weighted by Crippen LogP contribution is -2.01. The zero-order valence-electron chi connectivity index (χ0n) is 4.84. The largest absolute Gasteiger partial charge is 0.272 e. The van der Waals surface area contributed by atoms with Crippen molar-refractivity contribution in [1.29, 1.82) is 0 Å². The monoisotopic (exact) mass is 113 g/mol. The molecule has 0 saturated carbocycles. The molecule has 0 rings (SSSR count). The van der Waals surface area contributed by atoms with Crippen LogP contribution in [0, 0.1) is 5.92 Å². The highest BCUT2D eigenvalue weighted by molar-refractivity contribution is 5.82. The van der Waals surface area contributed by atoms with Crippen LogP contribution in [0.3, 0.4) is 0 Å². The Kier molecular flexibility index (Phi) is 2.74. The standard InChI is InChI=1S/C5H7NO2/c1-4(2)5(8)6-3-7/h4H,1-2H3. The molecule has 0 N–H and O–H groups in total. The van der Waals surface area contributed by atoms with Gasteiger partial charge in [0.05, 0.1) is 0 Å². The Morgan fingerprint density at radius 2 is 2.12 bits per heavy atom. The average Bonchev–Trinajstić information content (AvgIpc) is 1.67. The number of hydrogen-bond donors (Lipinski definition) is 0. The third-order valence-corrected chi connectivity index (χ3v) is 0.650. The summed E-state index contributed by atoms with van der Waals surface area (Å²) in [7, 11) is 0. The number of rotatable bonds is 1. The first-order valence-corrected chi connectivity index (χ1v) is 2.30. The fourth-order valence-electron chi connectivity index (χ4n) is 0.174. The molecule has 0 radical (unpaired) electrons. The lowest BCUT2D eigenvalue weighted by molar-refractivity contribution is -0.120. The zero-order chi connectivity index (χ0) is 6.57. The fourth-order valence-corrected chi connectivity index (χ4v) is 0.174. The molecule has 0 heterocycles. The minimum atomic E-state index is -0.417. The molecule has 1 amide bonds. The number of hydrogen-bond acceptors (Lipinski definition) is 2. The van der Waals surface area contributed by atoms with Gasteiger partial charge in [0.15, 0.2) is 0 Å². The summed E-state index contributed by atoms with van der Waals surface area (Å²) in [6.45, 7) is 3.34. The summed E-state index contributed by atoms with van der Waals surface area (Å²) in [5, 5.41) is 0. The minimum absolute atomic E-state index is 0.198. The van der Waals surface area contributed by atoms with Crippen LogP contribution >= 0.6 is 0 Å². The molecule has 0 atom stereocenters. The van der Waals surface area contributed by atoms with Crippen LogP contribution in [0.4, 0.5) is 0 Å². The molecule has 0 aromatic carbocycles. The summed E-state index contributed by atoms with van der Waals surface area (Å²) in [6.07, 6.45) is 1.17. The van der Waals surface area contributed by atoms with E-state index in [9.17, 15) is 9.59 Å². The van der Waals surface area contributed by atoms with Crippen molar-refractivity contribution < 1.29 is 9.59 Å². The fraction of sp³-hybridized carbons (Fsp3) is 0.600. The lowest BCUT2D eigenvalue weighted by atomic mass is 10.2. The Labute approximate surface area is 47.4 Å². The van der Waals surface area contributed by atoms with Crippen molar-refractivity contribution in [2.45, 2.75) is 13.8 Å². The maximum Gasteiger partial charge on any atom is 0.259 e. The summed E-state index contributed by atoms with van der Waals surface area (Å²) in [4.78, 5) is 22.6. The molecule has 44 valence electrons. The maximum absolute atomic E-state index is 10.3. The predicted molar refractivity (Wildman–Crippen MR) is 28.0 cm³/mol. The molecule has 0 bridgehead atoms. The zero-order valence-corrected chi connectivity index (χ0v) is 4.84. The molecule has 0 unspecified atom stereocenters. The first-order valence-electron chi connectivity index (χ1n) is 2.30. The van der Waals surface area contributed by atoms with Crippen molar-refractivity contribution >= 4 is 12.0 Å². The second-order valence-electron chi connectivity index (χ2n) is 1.70. The smallest absolute Gasteiger partial charge is 0.259 e. The van der Waals surface area contributed by atoms with Crippen LogP contribution in [0.15, 0.2) is 4.99 Å². The van der Waals surface area contributed by atoms with Gasteiger partial charge in [-0.05, 0) is 0 Å². The van der Waals surface area contributed by atoms with Gasteiger partial charge in [-0.25, -0.2) is 4.79 Å². The topological polar surface area (TPSA) is 46.5 Å². The van der Waals surface area contributed by atoms with Crippen LogP contribution in [0.25, 0.3) is 0 Å². The van der Waals surface area contributed by atoms with E-state index in [1.165, 1.54) is 6.08 Å². The summed E-state index contributed by atoms with van der Waals surface area (Å²) in [6, 6.07) is 0. The number of carbonyl (C=O) groups excluding carboxylic acids is 2. The van der Waals surface area contributed by atoms with Crippen molar-refractivity contribution in [3.63, 3.8) is 0 Å². The van der Waals surface area contributed by atoms with Crippen LogP contribution < -0.4 is 0 Å². The number of aliphatic imine (C=N–C) groups is 1. The van der Waals surface area contributed by atoms with E-state index in [2.05, 4.69) is 4.99 Å². The Bertz CT molecular complexity index is 133. The molecule has 3 heteroatoms. The lowest BCUT2D eigenvalue weighted by Gasteiger charge is -1.90. The quantitative estimate of drug-likeness (QED) is 0.367. The molecule has 0 aliphatic carbocycles. The second kappa shape index (κ2) is 3.10. The average molecular weight is 113 g/mol. The molecule has 0 aliphatic heterocycles. The van der Waals surface area contributed by atoms with Gasteiger partial charge in [-0.15, -0.1) is 4.99 Å². The van der Waals surface area contributed by atoms with E-state index < -0.39 is 5.91 Å². The van der Waals surface area contributed by atoms with Crippen molar-refractivity contribution in [3.05, 3.63) is 0 Å². The summed E-state index contributed by atoms with van der Waals surface area (Å²) >= 11 is 0. The molecule has 8 heavy (non-hydrogen) atoms. The van der Waals surface area contributed by atoms with E-state index in [1.54, 1.807) is 13.8 Å². The van der Waals surface area contributed by atoms with E-state index >= 15 is 0 Å². The first kappa shape index (κ1) is 7.05. The van der Waals surface area contributed by atoms with E-state index in [-0.39, 0.29) is 5.92 Å². The van der Waals surface area contributed by atoms with Gasteiger partial charge in [0, 0.05) is 5.92 Å². The van der Waals surface area contributed by atoms with Crippen molar-refractivity contribution in [2.75, 3.05) is 0 Å². The SMILES string of the molecule is CC(C)C(=O)N=C=O. The molecular formula is C5H7NO2. The van der Waals surface area contributed by atoms with Crippen LogP contribution in [0.5, 0.6) is 0 Å². The Morgan fingerprint density at radius 3 is 2.25 bits per heavy atom. The van der Waals surface area contributed by atoms with Gasteiger partial charge in [0.25, 0.3) is 5.91 Å². The number of amides is 1. The molecule has 3 nitrogen and oxygen atoms in total. The number of isocyanates is 1. The van der Waals surface area contributed by atoms with Gasteiger partial charge in [0.2, 0.25) is 6.08 Å². The van der Waals surface area contributed by atoms with Gasteiger partial charge in [-0.1, -0.05) is 13.8 Å². The highest BCUT2D eigenvalue weighted by atomic mass is 16.2. The number of nitrogens with zero attached hydrogens (tertiary/aromatic N) is 1. The molecule has 0 fully saturated rings. The van der Waals surface area contributed by atoms with E-state index in [0.717, 1.165) is 0 Å².